The molecule has 0 aliphatic carbocycles. The number of carboxylic acids is 1. The number of anilines is 1. The second-order valence-electron chi connectivity index (χ2n) is 7.83. The Hall–Kier alpha value is -3.67. The van der Waals surface area contributed by atoms with Crippen LogP contribution in [0.25, 0.3) is 21.8 Å². The van der Waals surface area contributed by atoms with Crippen LogP contribution >= 0.6 is 0 Å². The van der Waals surface area contributed by atoms with Crippen LogP contribution in [0.15, 0.2) is 59.5 Å². The van der Waals surface area contributed by atoms with Crippen LogP contribution < -0.4 is 10.9 Å². The Morgan fingerprint density at radius 2 is 2.03 bits per heavy atom. The van der Waals surface area contributed by atoms with E-state index in [0.717, 1.165) is 35.1 Å². The van der Waals surface area contributed by atoms with E-state index in [1.165, 1.54) is 16.3 Å². The maximum atomic E-state index is 13.2. The minimum Gasteiger partial charge on any atom is -0.478 e. The van der Waals surface area contributed by atoms with E-state index in [9.17, 15) is 14.7 Å². The molecule has 0 bridgehead atoms. The van der Waals surface area contributed by atoms with Gasteiger partial charge in [0.05, 0.1) is 16.4 Å². The van der Waals surface area contributed by atoms with Gasteiger partial charge in [0.1, 0.15) is 5.56 Å². The van der Waals surface area contributed by atoms with E-state index in [0.29, 0.717) is 11.9 Å². The van der Waals surface area contributed by atoms with E-state index in [1.54, 1.807) is 6.07 Å². The van der Waals surface area contributed by atoms with E-state index >= 15 is 0 Å². The van der Waals surface area contributed by atoms with Gasteiger partial charge < -0.3 is 15.0 Å². The van der Waals surface area contributed by atoms with Crippen LogP contribution in [0.3, 0.4) is 0 Å². The first-order valence-electron chi connectivity index (χ1n) is 10.0. The molecule has 0 radical (unpaired) electrons. The highest BCUT2D eigenvalue weighted by atomic mass is 16.4. The second-order valence-corrected chi connectivity index (χ2v) is 7.83. The largest absolute Gasteiger partial charge is 0.478 e. The Bertz CT molecular complexity index is 1370. The summed E-state index contributed by atoms with van der Waals surface area (Å²) in [5.41, 5.74) is 4.14. The number of aromatic nitrogens is 2. The van der Waals surface area contributed by atoms with Crippen molar-refractivity contribution >= 4 is 33.5 Å². The van der Waals surface area contributed by atoms with E-state index in [-0.39, 0.29) is 22.6 Å². The fourth-order valence-electron chi connectivity index (χ4n) is 4.38. The normalized spacial score (nSPS) is 15.3. The molecule has 1 aliphatic heterocycles. The number of hydrogen-bond acceptors (Lipinski definition) is 4. The fraction of sp³-hybridized carbons (Fsp3) is 0.208. The Morgan fingerprint density at radius 1 is 1.20 bits per heavy atom. The molecule has 5 rings (SSSR count). The van der Waals surface area contributed by atoms with Gasteiger partial charge in [0.2, 0.25) is 0 Å². The summed E-state index contributed by atoms with van der Waals surface area (Å²) in [7, 11) is 0. The lowest BCUT2D eigenvalue weighted by Crippen LogP contribution is -2.23. The van der Waals surface area contributed by atoms with Gasteiger partial charge in [-0.25, -0.2) is 9.78 Å². The van der Waals surface area contributed by atoms with Crippen molar-refractivity contribution in [3.63, 3.8) is 0 Å². The second kappa shape index (κ2) is 6.99. The smallest absolute Gasteiger partial charge is 0.339 e. The minimum absolute atomic E-state index is 0.0553. The first-order chi connectivity index (χ1) is 14.5. The number of aromatic carboxylic acids is 1. The molecule has 1 aliphatic rings. The number of para-hydroxylation sites is 2. The number of fused-ring (bicyclic) bond motifs is 3. The molecule has 4 aromatic rings. The highest BCUT2D eigenvalue weighted by Crippen LogP contribution is 2.33. The van der Waals surface area contributed by atoms with Crippen LogP contribution in [0.1, 0.15) is 33.8 Å². The predicted octanol–water partition coefficient (Wildman–Crippen LogP) is 4.16. The number of nitrogens with one attached hydrogen (secondary N) is 1. The molecular formula is C24H21N3O3. The number of pyridine rings is 2. The molecule has 2 aromatic heterocycles. The number of carbonyl (C=O) groups is 1. The summed E-state index contributed by atoms with van der Waals surface area (Å²) in [6.45, 7) is 3.19. The van der Waals surface area contributed by atoms with Crippen LogP contribution in [0.5, 0.6) is 0 Å². The summed E-state index contributed by atoms with van der Waals surface area (Å²) in [6, 6.07) is 15.7. The molecule has 1 atom stereocenters. The molecule has 1 unspecified atom stereocenters. The van der Waals surface area contributed by atoms with Gasteiger partial charge in [-0.2, -0.15) is 0 Å². The van der Waals surface area contributed by atoms with Crippen LogP contribution in [0, 0.1) is 6.92 Å². The van der Waals surface area contributed by atoms with E-state index < -0.39 is 5.97 Å². The molecule has 6 nitrogen and oxygen atoms in total. The Labute approximate surface area is 172 Å². The van der Waals surface area contributed by atoms with Gasteiger partial charge in [-0.3, -0.25) is 4.79 Å². The molecule has 2 N–H and O–H groups in total. The Kier molecular flexibility index (Phi) is 4.28. The van der Waals surface area contributed by atoms with Crippen molar-refractivity contribution in [1.29, 1.82) is 0 Å². The third-order valence-corrected chi connectivity index (χ3v) is 5.97. The summed E-state index contributed by atoms with van der Waals surface area (Å²) < 4.78 is 1.52. The molecule has 0 saturated carbocycles. The van der Waals surface area contributed by atoms with Crippen molar-refractivity contribution in [1.82, 2.24) is 9.55 Å². The van der Waals surface area contributed by atoms with Gasteiger partial charge >= 0.3 is 5.97 Å². The summed E-state index contributed by atoms with van der Waals surface area (Å²) >= 11 is 0. The van der Waals surface area contributed by atoms with E-state index in [4.69, 9.17) is 0 Å². The number of nitrogens with zero attached hydrogens (tertiary/aromatic N) is 2. The van der Waals surface area contributed by atoms with Crippen LogP contribution in [0.4, 0.5) is 5.69 Å². The quantitative estimate of drug-likeness (QED) is 0.504. The first-order valence-corrected chi connectivity index (χ1v) is 10.0. The molecule has 0 amide bonds. The number of benzene rings is 2. The third-order valence-electron chi connectivity index (χ3n) is 5.97. The highest BCUT2D eigenvalue weighted by molar-refractivity contribution is 6.04. The zero-order chi connectivity index (χ0) is 20.8. The lowest BCUT2D eigenvalue weighted by Gasteiger charge is -2.14. The Balaban J connectivity index is 1.59. The van der Waals surface area contributed by atoms with E-state index in [2.05, 4.69) is 22.4 Å². The lowest BCUT2D eigenvalue weighted by atomic mass is 9.98. The molecule has 0 spiro atoms. The molecular weight excluding hydrogens is 378 g/mol. The maximum absolute atomic E-state index is 13.2. The van der Waals surface area contributed by atoms with Gasteiger partial charge in [0.15, 0.2) is 0 Å². The Morgan fingerprint density at radius 3 is 2.87 bits per heavy atom. The van der Waals surface area contributed by atoms with Crippen molar-refractivity contribution in [2.24, 2.45) is 0 Å². The number of aryl methyl sites for hydroxylation is 2. The summed E-state index contributed by atoms with van der Waals surface area (Å²) in [4.78, 5) is 29.7. The number of carboxylic acid groups (broad SMARTS) is 1. The number of rotatable bonds is 4. The number of hydrogen-bond donors (Lipinski definition) is 2. The average Bonchev–Trinajstić information content (AvgIpc) is 3.16. The van der Waals surface area contributed by atoms with Gasteiger partial charge in [-0.15, -0.1) is 0 Å². The summed E-state index contributed by atoms with van der Waals surface area (Å²) in [6.07, 6.45) is 2.19. The van der Waals surface area contributed by atoms with E-state index in [1.807, 2.05) is 37.3 Å². The zero-order valence-corrected chi connectivity index (χ0v) is 16.6. The fourth-order valence-corrected chi connectivity index (χ4v) is 4.38. The molecule has 6 heteroatoms. The van der Waals surface area contributed by atoms with Crippen molar-refractivity contribution < 1.29 is 9.90 Å². The van der Waals surface area contributed by atoms with Gasteiger partial charge in [0, 0.05) is 36.3 Å². The molecule has 150 valence electrons. The molecule has 3 heterocycles. The predicted molar refractivity (Wildman–Crippen MR) is 117 cm³/mol. The lowest BCUT2D eigenvalue weighted by molar-refractivity contribution is 0.0698. The average molecular weight is 399 g/mol. The minimum atomic E-state index is -1.08. The molecule has 30 heavy (non-hydrogen) atoms. The van der Waals surface area contributed by atoms with Crippen molar-refractivity contribution in [3.05, 3.63) is 81.8 Å². The van der Waals surface area contributed by atoms with Crippen molar-refractivity contribution in [2.45, 2.75) is 25.8 Å². The third kappa shape index (κ3) is 2.92. The molecule has 0 saturated heterocycles. The van der Waals surface area contributed by atoms with Gasteiger partial charge in [-0.1, -0.05) is 36.4 Å². The van der Waals surface area contributed by atoms with Gasteiger partial charge in [-0.05, 0) is 36.6 Å². The topological polar surface area (TPSA) is 84.2 Å². The summed E-state index contributed by atoms with van der Waals surface area (Å²) in [5.74, 6) is -0.795. The standard InChI is InChI=1S/C24H21N3O3/c1-14-5-4-6-15-11-18-22(26-21(14)15)19(24(29)30)13-27(23(18)28)10-9-16-12-25-20-8-3-2-7-17(16)20/h2-8,11,13,16,25H,9-10,12H2,1H3,(H,29,30). The van der Waals surface area contributed by atoms with Crippen LogP contribution in [-0.4, -0.2) is 27.2 Å². The van der Waals surface area contributed by atoms with Crippen LogP contribution in [0.2, 0.25) is 0 Å². The summed E-state index contributed by atoms with van der Waals surface area (Å²) in [5, 5.41) is 14.4. The van der Waals surface area contributed by atoms with Crippen LogP contribution in [-0.2, 0) is 6.54 Å². The molecule has 0 fully saturated rings. The van der Waals surface area contributed by atoms with Gasteiger partial charge in [0.25, 0.3) is 5.56 Å². The zero-order valence-electron chi connectivity index (χ0n) is 16.6. The monoisotopic (exact) mass is 399 g/mol. The highest BCUT2D eigenvalue weighted by Gasteiger charge is 2.22. The SMILES string of the molecule is Cc1cccc2cc3c(=O)n(CCC4CNc5ccccc54)cc(C(=O)O)c3nc12. The van der Waals surface area contributed by atoms with Crippen molar-refractivity contribution in [3.8, 4) is 0 Å². The maximum Gasteiger partial charge on any atom is 0.339 e. The van der Waals surface area contributed by atoms with Crippen molar-refractivity contribution in [2.75, 3.05) is 11.9 Å². The first kappa shape index (κ1) is 18.4. The molecule has 2 aromatic carbocycles.